The molecule has 0 aliphatic rings. The van der Waals surface area contributed by atoms with Crippen LogP contribution in [0.15, 0.2) is 50.9 Å². The van der Waals surface area contributed by atoms with Crippen molar-refractivity contribution in [1.82, 2.24) is 0 Å². The number of non-ortho nitro benzene ring substituents is 1. The van der Waals surface area contributed by atoms with Gasteiger partial charge in [-0.3, -0.25) is 14.9 Å². The molecule has 0 unspecified atom stereocenters. The molecule has 0 saturated carbocycles. The molecule has 0 spiro atoms. The molecule has 132 valence electrons. The topological polar surface area (TPSA) is 105 Å². The lowest BCUT2D eigenvalue weighted by atomic mass is 10.1. The van der Waals surface area contributed by atoms with Crippen molar-refractivity contribution in [3.8, 4) is 11.8 Å². The quantitative estimate of drug-likeness (QED) is 0.289. The molecule has 9 heteroatoms. The number of nitrogens with zero attached hydrogens (tertiary/aromatic N) is 2. The van der Waals surface area contributed by atoms with Crippen LogP contribution in [-0.4, -0.2) is 17.9 Å². The average Bonchev–Trinajstić information content (AvgIpc) is 2.61. The molecule has 1 N–H and O–H groups in total. The van der Waals surface area contributed by atoms with Crippen molar-refractivity contribution in [1.29, 1.82) is 5.26 Å². The summed E-state index contributed by atoms with van der Waals surface area (Å²) in [5.74, 6) is -0.00564. The largest absolute Gasteiger partial charge is 0.496 e. The lowest BCUT2D eigenvalue weighted by Crippen LogP contribution is -2.13. The Kier molecular flexibility index (Phi) is 6.49. The number of carbonyl (C=O) groups excluding carboxylic acids is 1. The molecule has 0 saturated heterocycles. The molecule has 0 bridgehead atoms. The smallest absolute Gasteiger partial charge is 0.270 e. The Hall–Kier alpha value is -2.70. The molecule has 2 aromatic carbocycles. The van der Waals surface area contributed by atoms with Crippen LogP contribution in [0.4, 0.5) is 11.4 Å². The van der Waals surface area contributed by atoms with E-state index in [0.29, 0.717) is 25.9 Å². The van der Waals surface area contributed by atoms with Gasteiger partial charge < -0.3 is 10.1 Å². The fourth-order valence-corrected chi connectivity index (χ4v) is 3.02. The molecule has 2 rings (SSSR count). The van der Waals surface area contributed by atoms with Crippen molar-refractivity contribution in [3.63, 3.8) is 0 Å². The molecular formula is C17H11Br2N3O4. The Morgan fingerprint density at radius 3 is 2.54 bits per heavy atom. The molecule has 0 heterocycles. The third-order valence-corrected chi connectivity index (χ3v) is 4.54. The first kappa shape index (κ1) is 19.6. The maximum atomic E-state index is 12.3. The molecule has 0 fully saturated rings. The summed E-state index contributed by atoms with van der Waals surface area (Å²) in [6.07, 6.45) is 1.43. The van der Waals surface area contributed by atoms with Crippen LogP contribution in [0.2, 0.25) is 0 Å². The van der Waals surface area contributed by atoms with Gasteiger partial charge in [0.25, 0.3) is 11.6 Å². The zero-order chi connectivity index (χ0) is 19.3. The lowest BCUT2D eigenvalue weighted by Gasteiger charge is -2.07. The molecule has 1 amide bonds. The van der Waals surface area contributed by atoms with Crippen LogP contribution < -0.4 is 10.1 Å². The van der Waals surface area contributed by atoms with Gasteiger partial charge in [0.1, 0.15) is 17.4 Å². The first-order valence-corrected chi connectivity index (χ1v) is 8.65. The molecule has 0 aliphatic carbocycles. The number of hydrogen-bond donors (Lipinski definition) is 1. The van der Waals surface area contributed by atoms with E-state index in [1.54, 1.807) is 18.2 Å². The highest BCUT2D eigenvalue weighted by Gasteiger charge is 2.14. The van der Waals surface area contributed by atoms with Crippen LogP contribution in [0.25, 0.3) is 6.08 Å². The van der Waals surface area contributed by atoms with Gasteiger partial charge in [0.2, 0.25) is 0 Å². The first-order chi connectivity index (χ1) is 12.3. The number of ether oxygens (including phenoxy) is 1. The zero-order valence-corrected chi connectivity index (χ0v) is 16.5. The number of anilines is 1. The van der Waals surface area contributed by atoms with E-state index in [9.17, 15) is 20.2 Å². The van der Waals surface area contributed by atoms with Gasteiger partial charge in [-0.05, 0) is 61.7 Å². The third kappa shape index (κ3) is 4.68. The van der Waals surface area contributed by atoms with E-state index in [4.69, 9.17) is 4.74 Å². The molecule has 26 heavy (non-hydrogen) atoms. The second kappa shape index (κ2) is 8.60. The van der Waals surface area contributed by atoms with Gasteiger partial charge in [-0.25, -0.2) is 0 Å². The summed E-state index contributed by atoms with van der Waals surface area (Å²) in [6.45, 7) is 0. The summed E-state index contributed by atoms with van der Waals surface area (Å²) >= 11 is 6.50. The molecule has 2 aromatic rings. The van der Waals surface area contributed by atoms with Gasteiger partial charge >= 0.3 is 0 Å². The highest BCUT2D eigenvalue weighted by atomic mass is 79.9. The summed E-state index contributed by atoms with van der Waals surface area (Å²) in [4.78, 5) is 22.5. The highest BCUT2D eigenvalue weighted by molar-refractivity contribution is 9.11. The maximum absolute atomic E-state index is 12.3. The fraction of sp³-hybridized carbons (Fsp3) is 0.0588. The van der Waals surface area contributed by atoms with Gasteiger partial charge in [-0.1, -0.05) is 6.07 Å². The number of hydrogen-bond acceptors (Lipinski definition) is 5. The van der Waals surface area contributed by atoms with Gasteiger partial charge in [-0.15, -0.1) is 0 Å². The van der Waals surface area contributed by atoms with E-state index in [1.807, 2.05) is 6.07 Å². The minimum absolute atomic E-state index is 0.117. The van der Waals surface area contributed by atoms with E-state index >= 15 is 0 Å². The third-order valence-electron chi connectivity index (χ3n) is 3.26. The van der Waals surface area contributed by atoms with Gasteiger partial charge in [0.05, 0.1) is 22.2 Å². The van der Waals surface area contributed by atoms with Crippen LogP contribution in [0.5, 0.6) is 5.75 Å². The molecule has 0 aliphatic heterocycles. The Labute approximate surface area is 165 Å². The Balaban J connectivity index is 2.25. The minimum Gasteiger partial charge on any atom is -0.496 e. The Morgan fingerprint density at radius 1 is 1.27 bits per heavy atom. The molecule has 0 aromatic heterocycles. The number of nitro benzene ring substituents is 1. The maximum Gasteiger partial charge on any atom is 0.270 e. The molecular weight excluding hydrogens is 470 g/mol. The number of carbonyl (C=O) groups is 1. The van der Waals surface area contributed by atoms with Crippen molar-refractivity contribution in [2.24, 2.45) is 0 Å². The van der Waals surface area contributed by atoms with Crippen molar-refractivity contribution < 1.29 is 14.5 Å². The van der Waals surface area contributed by atoms with Gasteiger partial charge in [0.15, 0.2) is 0 Å². The number of nitrogens with one attached hydrogen (secondary N) is 1. The second-order valence-electron chi connectivity index (χ2n) is 4.94. The minimum atomic E-state index is -0.631. The molecule has 0 atom stereocenters. The predicted octanol–water partition coefficient (Wildman–Crippen LogP) is 4.67. The standard InChI is InChI=1S/C17H11Br2N3O4/c1-26-16-5-2-10(7-14(16)19)6-11(9-20)17(23)21-15-4-3-12(22(24)25)8-13(15)18/h2-8H,1H3,(H,21,23)/b11-6+. The average molecular weight is 481 g/mol. The number of halogens is 2. The lowest BCUT2D eigenvalue weighted by molar-refractivity contribution is -0.384. The number of amides is 1. The number of nitro groups is 1. The summed E-state index contributed by atoms with van der Waals surface area (Å²) in [5, 5.41) is 22.6. The van der Waals surface area contributed by atoms with Crippen molar-refractivity contribution in [3.05, 3.63) is 66.6 Å². The summed E-state index contributed by atoms with van der Waals surface area (Å²) in [7, 11) is 1.53. The van der Waals surface area contributed by atoms with Crippen LogP contribution in [0.1, 0.15) is 5.56 Å². The van der Waals surface area contributed by atoms with Crippen LogP contribution in [0.3, 0.4) is 0 Å². The number of rotatable bonds is 5. The van der Waals surface area contributed by atoms with E-state index in [1.165, 1.54) is 31.4 Å². The van der Waals surface area contributed by atoms with Crippen LogP contribution >= 0.6 is 31.9 Å². The number of methoxy groups -OCH3 is 1. The van der Waals surface area contributed by atoms with E-state index < -0.39 is 10.8 Å². The zero-order valence-electron chi connectivity index (χ0n) is 13.3. The Bertz CT molecular complexity index is 952. The predicted molar refractivity (Wildman–Crippen MR) is 104 cm³/mol. The number of nitriles is 1. The normalized spacial score (nSPS) is 10.8. The van der Waals surface area contributed by atoms with E-state index in [2.05, 4.69) is 37.2 Å². The summed E-state index contributed by atoms with van der Waals surface area (Å²) < 4.78 is 6.15. The van der Waals surface area contributed by atoms with Gasteiger partial charge in [0, 0.05) is 16.6 Å². The van der Waals surface area contributed by atoms with E-state index in [0.717, 1.165) is 0 Å². The van der Waals surface area contributed by atoms with E-state index in [-0.39, 0.29) is 11.3 Å². The molecule has 7 nitrogen and oxygen atoms in total. The van der Waals surface area contributed by atoms with Gasteiger partial charge in [-0.2, -0.15) is 5.26 Å². The molecule has 0 radical (unpaired) electrons. The fourth-order valence-electron chi connectivity index (χ4n) is 2.00. The highest BCUT2D eigenvalue weighted by Crippen LogP contribution is 2.28. The van der Waals surface area contributed by atoms with Crippen molar-refractivity contribution in [2.75, 3.05) is 12.4 Å². The summed E-state index contributed by atoms with van der Waals surface area (Å²) in [5.41, 5.74) is 0.714. The monoisotopic (exact) mass is 479 g/mol. The van der Waals surface area contributed by atoms with Crippen molar-refractivity contribution in [2.45, 2.75) is 0 Å². The SMILES string of the molecule is COc1ccc(/C=C(\C#N)C(=O)Nc2ccc([N+](=O)[O-])cc2Br)cc1Br. The van der Waals surface area contributed by atoms with Crippen molar-refractivity contribution >= 4 is 55.2 Å². The van der Waals surface area contributed by atoms with Crippen LogP contribution in [-0.2, 0) is 4.79 Å². The Morgan fingerprint density at radius 2 is 2.00 bits per heavy atom. The number of benzene rings is 2. The van der Waals surface area contributed by atoms with Crippen LogP contribution in [0, 0.1) is 21.4 Å². The second-order valence-corrected chi connectivity index (χ2v) is 6.65. The summed E-state index contributed by atoms with van der Waals surface area (Å²) in [6, 6.07) is 10.9. The first-order valence-electron chi connectivity index (χ1n) is 7.06.